The maximum absolute atomic E-state index is 15.5. The molecule has 1 aromatic carbocycles. The molecule has 2 aliphatic rings. The number of amides is 2. The van der Waals surface area contributed by atoms with Crippen LogP contribution in [0.4, 0.5) is 20.8 Å². The van der Waals surface area contributed by atoms with Gasteiger partial charge in [0, 0.05) is 32.2 Å². The zero-order chi connectivity index (χ0) is 27.8. The number of rotatable bonds is 10. The van der Waals surface area contributed by atoms with E-state index in [0.717, 1.165) is 37.8 Å². The van der Waals surface area contributed by atoms with Gasteiger partial charge in [0.05, 0.1) is 5.92 Å². The van der Waals surface area contributed by atoms with Crippen molar-refractivity contribution in [2.75, 3.05) is 43.6 Å². The first-order valence-electron chi connectivity index (χ1n) is 13.8. The molecule has 2 aromatic rings. The highest BCUT2D eigenvalue weighted by molar-refractivity contribution is 5.80. The number of aryl methyl sites for hydroxylation is 1. The lowest BCUT2D eigenvalue weighted by molar-refractivity contribution is -0.124. The van der Waals surface area contributed by atoms with E-state index in [1.807, 2.05) is 42.3 Å². The summed E-state index contributed by atoms with van der Waals surface area (Å²) in [5.74, 6) is -0.485. The number of likely N-dealkylation sites (N-methyl/N-ethyl adjacent to an activating group) is 1. The number of hydrogen-bond donors (Lipinski definition) is 3. The summed E-state index contributed by atoms with van der Waals surface area (Å²) in [6.07, 6.45) is 4.44. The van der Waals surface area contributed by atoms with Crippen LogP contribution < -0.4 is 21.1 Å². The molecule has 2 atom stereocenters. The van der Waals surface area contributed by atoms with Crippen molar-refractivity contribution >= 4 is 23.6 Å². The Morgan fingerprint density at radius 2 is 1.90 bits per heavy atom. The third-order valence-corrected chi connectivity index (χ3v) is 7.68. The number of carbonyl (C=O) groups is 2. The number of anilines is 2. The molecule has 212 valence electrons. The van der Waals surface area contributed by atoms with E-state index in [9.17, 15) is 9.59 Å². The molecule has 10 nitrogen and oxygen atoms in total. The predicted molar refractivity (Wildman–Crippen MR) is 147 cm³/mol. The minimum absolute atomic E-state index is 0.0766. The Balaban J connectivity index is 1.36. The fourth-order valence-corrected chi connectivity index (χ4v) is 5.21. The number of piperazine rings is 1. The SMILES string of the molecule is Cc1nc(NNC(=O)[C@@H](CNC(=O)OCc2ccccc2)CC2CCCC2)c(F)c(N2CCN(C)[C@@H](C)C2)n1. The molecule has 3 N–H and O–H groups in total. The van der Waals surface area contributed by atoms with Crippen molar-refractivity contribution in [1.29, 1.82) is 0 Å². The van der Waals surface area contributed by atoms with E-state index in [0.29, 0.717) is 31.3 Å². The quantitative estimate of drug-likeness (QED) is 0.391. The highest BCUT2D eigenvalue weighted by atomic mass is 19.1. The standard InChI is InChI=1S/C28H40FN7O3/c1-19-17-36(14-13-35(19)3)26-24(29)25(31-20(2)32-26)33-34-27(37)23(15-21-9-7-8-10-21)16-30-28(38)39-18-22-11-5-4-6-12-22/h4-6,11-12,19,21,23H,7-10,13-18H2,1-3H3,(H,30,38)(H,34,37)(H,31,32,33)/t19-,23+/m0/s1. The zero-order valence-corrected chi connectivity index (χ0v) is 23.1. The van der Waals surface area contributed by atoms with Crippen LogP contribution >= 0.6 is 0 Å². The van der Waals surface area contributed by atoms with Gasteiger partial charge in [0.1, 0.15) is 12.4 Å². The van der Waals surface area contributed by atoms with Crippen molar-refractivity contribution in [3.8, 4) is 0 Å². The zero-order valence-electron chi connectivity index (χ0n) is 23.1. The summed E-state index contributed by atoms with van der Waals surface area (Å²) in [7, 11) is 2.05. The van der Waals surface area contributed by atoms with Gasteiger partial charge in [-0.15, -0.1) is 0 Å². The molecule has 4 rings (SSSR count). The topological polar surface area (TPSA) is 112 Å². The molecule has 1 aliphatic heterocycles. The Morgan fingerprint density at radius 3 is 2.62 bits per heavy atom. The Kier molecular flexibility index (Phi) is 9.91. The van der Waals surface area contributed by atoms with Gasteiger partial charge in [-0.2, -0.15) is 4.39 Å². The number of nitrogens with one attached hydrogen (secondary N) is 3. The van der Waals surface area contributed by atoms with Crippen LogP contribution in [0.25, 0.3) is 0 Å². The molecule has 0 bridgehead atoms. The number of ether oxygens (including phenoxy) is 1. The lowest BCUT2D eigenvalue weighted by Crippen LogP contribution is -2.50. The van der Waals surface area contributed by atoms with Gasteiger partial charge in [0.25, 0.3) is 0 Å². The van der Waals surface area contributed by atoms with Crippen LogP contribution in [0.5, 0.6) is 0 Å². The monoisotopic (exact) mass is 541 g/mol. The first-order valence-corrected chi connectivity index (χ1v) is 13.8. The molecule has 0 radical (unpaired) electrons. The van der Waals surface area contributed by atoms with Gasteiger partial charge in [0.2, 0.25) is 11.7 Å². The van der Waals surface area contributed by atoms with Crippen LogP contribution in [0.3, 0.4) is 0 Å². The van der Waals surface area contributed by atoms with Crippen LogP contribution in [0, 0.1) is 24.6 Å². The first-order chi connectivity index (χ1) is 18.8. The molecule has 2 amide bonds. The van der Waals surface area contributed by atoms with E-state index >= 15 is 4.39 Å². The fraction of sp³-hybridized carbons (Fsp3) is 0.571. The molecule has 0 unspecified atom stereocenters. The maximum atomic E-state index is 15.5. The maximum Gasteiger partial charge on any atom is 0.407 e. The molecule has 1 saturated carbocycles. The smallest absolute Gasteiger partial charge is 0.407 e. The summed E-state index contributed by atoms with van der Waals surface area (Å²) < 4.78 is 20.8. The molecule has 11 heteroatoms. The molecule has 2 heterocycles. The van der Waals surface area contributed by atoms with Crippen molar-refractivity contribution in [2.24, 2.45) is 11.8 Å². The second kappa shape index (κ2) is 13.5. The number of nitrogens with zero attached hydrogens (tertiary/aromatic N) is 4. The molecule has 1 aromatic heterocycles. The molecular weight excluding hydrogens is 501 g/mol. The molecular formula is C28H40FN7O3. The van der Waals surface area contributed by atoms with E-state index in [2.05, 4.69) is 38.0 Å². The Bertz CT molecular complexity index is 1110. The lowest BCUT2D eigenvalue weighted by atomic mass is 9.92. The van der Waals surface area contributed by atoms with Crippen molar-refractivity contribution in [1.82, 2.24) is 25.6 Å². The van der Waals surface area contributed by atoms with Crippen molar-refractivity contribution < 1.29 is 18.7 Å². The average molecular weight is 542 g/mol. The third kappa shape index (κ3) is 8.01. The molecule has 0 spiro atoms. The van der Waals surface area contributed by atoms with Gasteiger partial charge in [-0.05, 0) is 38.8 Å². The number of carbonyl (C=O) groups excluding carboxylic acids is 2. The van der Waals surface area contributed by atoms with Crippen LogP contribution in [0.2, 0.25) is 0 Å². The van der Waals surface area contributed by atoms with E-state index < -0.39 is 17.8 Å². The number of halogens is 1. The Labute approximate surface area is 229 Å². The third-order valence-electron chi connectivity index (χ3n) is 7.68. The highest BCUT2D eigenvalue weighted by Gasteiger charge is 2.28. The summed E-state index contributed by atoms with van der Waals surface area (Å²) in [6.45, 7) is 6.14. The second-order valence-corrected chi connectivity index (χ2v) is 10.7. The largest absolute Gasteiger partial charge is 0.445 e. The molecule has 2 fully saturated rings. The second-order valence-electron chi connectivity index (χ2n) is 10.7. The number of hydrazine groups is 1. The minimum atomic E-state index is -0.604. The van der Waals surface area contributed by atoms with Gasteiger partial charge >= 0.3 is 6.09 Å². The molecule has 1 aliphatic carbocycles. The van der Waals surface area contributed by atoms with Crippen LogP contribution in [0.15, 0.2) is 30.3 Å². The molecule has 39 heavy (non-hydrogen) atoms. The van der Waals surface area contributed by atoms with Crippen molar-refractivity contribution in [3.05, 3.63) is 47.5 Å². The van der Waals surface area contributed by atoms with E-state index in [4.69, 9.17) is 4.74 Å². The van der Waals surface area contributed by atoms with Crippen molar-refractivity contribution in [2.45, 2.75) is 58.6 Å². The average Bonchev–Trinajstić information content (AvgIpc) is 3.45. The minimum Gasteiger partial charge on any atom is -0.445 e. The summed E-state index contributed by atoms with van der Waals surface area (Å²) in [6, 6.07) is 9.65. The van der Waals surface area contributed by atoms with Gasteiger partial charge in [-0.1, -0.05) is 56.0 Å². The van der Waals surface area contributed by atoms with Gasteiger partial charge < -0.3 is 19.9 Å². The summed E-state index contributed by atoms with van der Waals surface area (Å²) in [5.41, 5.74) is 6.20. The van der Waals surface area contributed by atoms with Gasteiger partial charge in [0.15, 0.2) is 11.6 Å². The number of alkyl carbamates (subject to hydrolysis) is 1. The van der Waals surface area contributed by atoms with E-state index in [1.165, 1.54) is 0 Å². The number of hydrogen-bond acceptors (Lipinski definition) is 8. The number of benzene rings is 1. The Hall–Kier alpha value is -3.47. The normalized spacial score (nSPS) is 19.0. The summed E-state index contributed by atoms with van der Waals surface area (Å²) >= 11 is 0. The fourth-order valence-electron chi connectivity index (χ4n) is 5.21. The summed E-state index contributed by atoms with van der Waals surface area (Å²) in [5, 5.41) is 2.73. The van der Waals surface area contributed by atoms with Gasteiger partial charge in [-0.3, -0.25) is 15.6 Å². The lowest BCUT2D eigenvalue weighted by Gasteiger charge is -2.38. The number of aromatic nitrogens is 2. The first kappa shape index (κ1) is 28.5. The summed E-state index contributed by atoms with van der Waals surface area (Å²) in [4.78, 5) is 38.2. The van der Waals surface area contributed by atoms with Crippen LogP contribution in [-0.4, -0.2) is 66.1 Å². The van der Waals surface area contributed by atoms with Gasteiger partial charge in [-0.25, -0.2) is 14.8 Å². The van der Waals surface area contributed by atoms with Crippen LogP contribution in [-0.2, 0) is 16.1 Å². The Morgan fingerprint density at radius 1 is 1.15 bits per heavy atom. The molecule has 1 saturated heterocycles. The van der Waals surface area contributed by atoms with E-state index in [1.54, 1.807) is 6.92 Å². The van der Waals surface area contributed by atoms with Crippen LogP contribution in [0.1, 0.15) is 50.4 Å². The van der Waals surface area contributed by atoms with Crippen molar-refractivity contribution in [3.63, 3.8) is 0 Å². The predicted octanol–water partition coefficient (Wildman–Crippen LogP) is 3.63. The van der Waals surface area contributed by atoms with E-state index in [-0.39, 0.29) is 36.7 Å². The highest BCUT2D eigenvalue weighted by Crippen LogP contribution is 2.30.